The van der Waals surface area contributed by atoms with E-state index in [-0.39, 0.29) is 22.6 Å². The Bertz CT molecular complexity index is 1210. The van der Waals surface area contributed by atoms with Crippen LogP contribution in [0.25, 0.3) is 6.08 Å². The van der Waals surface area contributed by atoms with Crippen molar-refractivity contribution in [2.75, 3.05) is 0 Å². The number of amides is 2. The Labute approximate surface area is 206 Å². The summed E-state index contributed by atoms with van der Waals surface area (Å²) in [6.45, 7) is 0.360. The van der Waals surface area contributed by atoms with Gasteiger partial charge in [0.1, 0.15) is 12.4 Å². The second-order valence-corrected chi connectivity index (χ2v) is 9.28. The van der Waals surface area contributed by atoms with Gasteiger partial charge in [-0.05, 0) is 47.6 Å². The maximum absolute atomic E-state index is 12.9. The molecule has 0 radical (unpaired) electrons. The van der Waals surface area contributed by atoms with Gasteiger partial charge in [0, 0.05) is 10.6 Å². The van der Waals surface area contributed by atoms with Gasteiger partial charge in [0.25, 0.3) is 5.91 Å². The van der Waals surface area contributed by atoms with Crippen LogP contribution in [-0.4, -0.2) is 21.1 Å². The zero-order valence-corrected chi connectivity index (χ0v) is 19.8. The third kappa shape index (κ3) is 6.01. The minimum absolute atomic E-state index is 0.151. The van der Waals surface area contributed by atoms with Crippen molar-refractivity contribution in [3.05, 3.63) is 105 Å². The van der Waals surface area contributed by atoms with Crippen LogP contribution in [0.3, 0.4) is 0 Å². The molecule has 0 spiro atoms. The van der Waals surface area contributed by atoms with E-state index in [0.717, 1.165) is 33.5 Å². The molecule has 1 saturated heterocycles. The number of carbonyl (C=O) groups excluding carboxylic acids is 2. The number of hydrogen-bond donors (Lipinski definition) is 1. The van der Waals surface area contributed by atoms with Gasteiger partial charge in [-0.2, -0.15) is 5.01 Å². The highest BCUT2D eigenvalue weighted by Gasteiger charge is 2.33. The number of ether oxygens (including phenoxy) is 1. The summed E-state index contributed by atoms with van der Waals surface area (Å²) in [5.41, 5.74) is 5.17. The van der Waals surface area contributed by atoms with Crippen molar-refractivity contribution in [3.8, 4) is 5.75 Å². The standard InChI is InChI=1S/C25H19ClN2O3S2/c26-20-12-10-18(11-13-20)16-31-21-9-5-4-8-19(21)15-22-24(30)28(25(32)33-22)27-23(29)14-17-6-2-1-3-7-17/h1-13,15H,14,16H2,(H,27,29). The average Bonchev–Trinajstić information content (AvgIpc) is 3.07. The lowest BCUT2D eigenvalue weighted by Crippen LogP contribution is -2.45. The minimum atomic E-state index is -0.376. The largest absolute Gasteiger partial charge is 0.488 e. The first kappa shape index (κ1) is 23.0. The highest BCUT2D eigenvalue weighted by atomic mass is 35.5. The molecule has 1 aliphatic rings. The van der Waals surface area contributed by atoms with Crippen molar-refractivity contribution < 1.29 is 14.3 Å². The molecule has 0 aromatic heterocycles. The number of hydrogen-bond acceptors (Lipinski definition) is 5. The van der Waals surface area contributed by atoms with Crippen LogP contribution in [-0.2, 0) is 22.6 Å². The van der Waals surface area contributed by atoms with Crippen LogP contribution in [0, 0.1) is 0 Å². The van der Waals surface area contributed by atoms with E-state index in [1.54, 1.807) is 6.08 Å². The lowest BCUT2D eigenvalue weighted by atomic mass is 10.1. The van der Waals surface area contributed by atoms with Gasteiger partial charge in [-0.1, -0.05) is 84.0 Å². The summed E-state index contributed by atoms with van der Waals surface area (Å²) >= 11 is 12.4. The maximum Gasteiger partial charge on any atom is 0.285 e. The summed E-state index contributed by atoms with van der Waals surface area (Å²) in [6.07, 6.45) is 1.87. The van der Waals surface area contributed by atoms with E-state index in [1.165, 1.54) is 0 Å². The van der Waals surface area contributed by atoms with E-state index in [1.807, 2.05) is 78.9 Å². The number of benzene rings is 3. The Morgan fingerprint density at radius 1 is 1.00 bits per heavy atom. The van der Waals surface area contributed by atoms with Gasteiger partial charge >= 0.3 is 0 Å². The highest BCUT2D eigenvalue weighted by Crippen LogP contribution is 2.33. The Balaban J connectivity index is 1.45. The second-order valence-electron chi connectivity index (χ2n) is 7.17. The summed E-state index contributed by atoms with van der Waals surface area (Å²) in [5.74, 6) is -0.0600. The molecule has 166 valence electrons. The molecule has 2 amide bonds. The fraction of sp³-hybridized carbons (Fsp3) is 0.0800. The molecule has 4 rings (SSSR count). The summed E-state index contributed by atoms with van der Waals surface area (Å²) in [7, 11) is 0. The minimum Gasteiger partial charge on any atom is -0.488 e. The van der Waals surface area contributed by atoms with E-state index in [2.05, 4.69) is 5.43 Å². The number of halogens is 1. The molecule has 0 aliphatic carbocycles. The van der Waals surface area contributed by atoms with Crippen LogP contribution in [0.2, 0.25) is 5.02 Å². The smallest absolute Gasteiger partial charge is 0.285 e. The highest BCUT2D eigenvalue weighted by molar-refractivity contribution is 8.26. The molecule has 1 fully saturated rings. The summed E-state index contributed by atoms with van der Waals surface area (Å²) in [4.78, 5) is 25.7. The van der Waals surface area contributed by atoms with Gasteiger partial charge in [0.15, 0.2) is 4.32 Å². The second kappa shape index (κ2) is 10.7. The molecule has 3 aromatic carbocycles. The number of hydrazine groups is 1. The number of nitrogens with one attached hydrogen (secondary N) is 1. The van der Waals surface area contributed by atoms with Crippen LogP contribution in [0.5, 0.6) is 5.75 Å². The quantitative estimate of drug-likeness (QED) is 0.352. The third-order valence-corrected chi connectivity index (χ3v) is 6.31. The molecule has 3 aromatic rings. The van der Waals surface area contributed by atoms with Crippen molar-refractivity contribution in [1.29, 1.82) is 0 Å². The molecule has 8 heteroatoms. The summed E-state index contributed by atoms with van der Waals surface area (Å²) in [5, 5.41) is 1.78. The van der Waals surface area contributed by atoms with Crippen molar-refractivity contribution in [1.82, 2.24) is 10.4 Å². The third-order valence-electron chi connectivity index (χ3n) is 4.75. The van der Waals surface area contributed by atoms with Crippen LogP contribution >= 0.6 is 35.6 Å². The molecular weight excluding hydrogens is 476 g/mol. The van der Waals surface area contributed by atoms with Gasteiger partial charge in [-0.25, -0.2) is 0 Å². The zero-order valence-electron chi connectivity index (χ0n) is 17.4. The Morgan fingerprint density at radius 3 is 2.45 bits per heavy atom. The van der Waals surface area contributed by atoms with Crippen molar-refractivity contribution >= 4 is 57.8 Å². The Morgan fingerprint density at radius 2 is 1.70 bits per heavy atom. The average molecular weight is 495 g/mol. The number of carbonyl (C=O) groups is 2. The fourth-order valence-electron chi connectivity index (χ4n) is 3.12. The van der Waals surface area contributed by atoms with Gasteiger partial charge in [0.05, 0.1) is 11.3 Å². The molecule has 1 aliphatic heterocycles. The summed E-state index contributed by atoms with van der Waals surface area (Å²) < 4.78 is 6.24. The number of rotatable bonds is 7. The predicted octanol–water partition coefficient (Wildman–Crippen LogP) is 5.39. The van der Waals surface area contributed by atoms with E-state index >= 15 is 0 Å². The molecule has 0 bridgehead atoms. The number of thioether (sulfide) groups is 1. The van der Waals surface area contributed by atoms with Crippen LogP contribution in [0.4, 0.5) is 0 Å². The predicted molar refractivity (Wildman–Crippen MR) is 136 cm³/mol. The lowest BCUT2D eigenvalue weighted by molar-refractivity contribution is -0.132. The molecule has 1 N–H and O–H groups in total. The Kier molecular flexibility index (Phi) is 7.44. The van der Waals surface area contributed by atoms with Gasteiger partial charge < -0.3 is 4.74 Å². The van der Waals surface area contributed by atoms with Crippen LogP contribution in [0.15, 0.2) is 83.8 Å². The summed E-state index contributed by atoms with van der Waals surface area (Å²) in [6, 6.07) is 24.1. The maximum atomic E-state index is 12.9. The number of para-hydroxylation sites is 1. The first-order valence-electron chi connectivity index (χ1n) is 10.1. The molecule has 1 heterocycles. The van der Waals surface area contributed by atoms with Crippen LogP contribution < -0.4 is 10.2 Å². The molecule has 0 atom stereocenters. The molecule has 33 heavy (non-hydrogen) atoms. The van der Waals surface area contributed by atoms with Crippen LogP contribution in [0.1, 0.15) is 16.7 Å². The normalized spacial score (nSPS) is 14.6. The Hall–Kier alpha value is -3.13. The SMILES string of the molecule is O=C(Cc1ccccc1)NN1C(=O)C(=Cc2ccccc2OCc2ccc(Cl)cc2)SC1=S. The van der Waals surface area contributed by atoms with E-state index in [4.69, 9.17) is 28.6 Å². The van der Waals surface area contributed by atoms with E-state index < -0.39 is 0 Å². The number of thiocarbonyl (C=S) groups is 1. The van der Waals surface area contributed by atoms with E-state index in [0.29, 0.717) is 22.3 Å². The molecule has 0 saturated carbocycles. The van der Waals surface area contributed by atoms with E-state index in [9.17, 15) is 9.59 Å². The topological polar surface area (TPSA) is 58.6 Å². The van der Waals surface area contributed by atoms with Crippen molar-refractivity contribution in [2.45, 2.75) is 13.0 Å². The fourth-order valence-corrected chi connectivity index (χ4v) is 4.42. The van der Waals surface area contributed by atoms with Crippen molar-refractivity contribution in [2.24, 2.45) is 0 Å². The lowest BCUT2D eigenvalue weighted by Gasteiger charge is -2.15. The molecule has 5 nitrogen and oxygen atoms in total. The monoisotopic (exact) mass is 494 g/mol. The molecular formula is C25H19ClN2O3S2. The molecule has 0 unspecified atom stereocenters. The van der Waals surface area contributed by atoms with Gasteiger partial charge in [-0.15, -0.1) is 0 Å². The van der Waals surface area contributed by atoms with Crippen molar-refractivity contribution in [3.63, 3.8) is 0 Å². The first-order valence-corrected chi connectivity index (χ1v) is 11.7. The van der Waals surface area contributed by atoms with Gasteiger partial charge in [0.2, 0.25) is 5.91 Å². The zero-order chi connectivity index (χ0) is 23.2. The number of nitrogens with zero attached hydrogens (tertiary/aromatic N) is 1. The van der Waals surface area contributed by atoms with Gasteiger partial charge in [-0.3, -0.25) is 15.0 Å². The first-order chi connectivity index (χ1) is 16.0.